The van der Waals surface area contributed by atoms with Crippen molar-refractivity contribution < 1.29 is 9.53 Å². The fraction of sp³-hybridized carbons (Fsp3) is 0.429. The van der Waals surface area contributed by atoms with Crippen molar-refractivity contribution >= 4 is 17.3 Å². The molecule has 0 amide bonds. The predicted octanol–water partition coefficient (Wildman–Crippen LogP) is 2.11. The van der Waals surface area contributed by atoms with Gasteiger partial charge in [0.15, 0.2) is 11.5 Å². The molecule has 0 spiro atoms. The van der Waals surface area contributed by atoms with Gasteiger partial charge in [-0.2, -0.15) is 9.61 Å². The van der Waals surface area contributed by atoms with E-state index < -0.39 is 0 Å². The number of nitrogens with zero attached hydrogens (tertiary/aromatic N) is 6. The van der Waals surface area contributed by atoms with Gasteiger partial charge < -0.3 is 9.64 Å². The third-order valence-corrected chi connectivity index (χ3v) is 5.73. The summed E-state index contributed by atoms with van der Waals surface area (Å²) < 4.78 is 6.64. The molecule has 29 heavy (non-hydrogen) atoms. The molecular formula is C21H24N6O2. The average Bonchev–Trinajstić information content (AvgIpc) is 3.53. The van der Waals surface area contributed by atoms with Gasteiger partial charge in [0.1, 0.15) is 0 Å². The fourth-order valence-electron chi connectivity index (χ4n) is 3.85. The maximum Gasteiger partial charge on any atom is 0.337 e. The van der Waals surface area contributed by atoms with Crippen LogP contribution in [0.1, 0.15) is 40.5 Å². The molecule has 1 aliphatic heterocycles. The Morgan fingerprint density at radius 3 is 2.55 bits per heavy atom. The topological polar surface area (TPSA) is 75.9 Å². The molecule has 0 unspecified atom stereocenters. The second kappa shape index (κ2) is 7.44. The van der Waals surface area contributed by atoms with Crippen molar-refractivity contribution in [2.24, 2.45) is 0 Å². The molecule has 8 heteroatoms. The molecule has 0 bridgehead atoms. The highest BCUT2D eigenvalue weighted by atomic mass is 16.5. The Hall–Kier alpha value is -3.00. The lowest BCUT2D eigenvalue weighted by Gasteiger charge is -2.35. The molecule has 1 saturated carbocycles. The van der Waals surface area contributed by atoms with Gasteiger partial charge in [0, 0.05) is 44.7 Å². The summed E-state index contributed by atoms with van der Waals surface area (Å²) in [7, 11) is 1.40. The van der Waals surface area contributed by atoms with Crippen LogP contribution in [0.25, 0.3) is 5.65 Å². The van der Waals surface area contributed by atoms with Crippen LogP contribution in [0.4, 0.5) is 5.69 Å². The molecule has 1 aliphatic carbocycles. The van der Waals surface area contributed by atoms with E-state index in [-0.39, 0.29) is 5.97 Å². The Labute approximate surface area is 169 Å². The maximum atomic E-state index is 11.6. The summed E-state index contributed by atoms with van der Waals surface area (Å²) in [4.78, 5) is 16.3. The standard InChI is InChI=1S/C21H24N6O2/c1-29-21(28)17-4-2-15(3-5-17)14-25-8-10-26(11-9-25)18-12-19-23-24-20(16-6-7-16)27(19)22-13-18/h2-5,12-13,16H,6-11,14H2,1H3. The van der Waals surface area contributed by atoms with Gasteiger partial charge in [-0.15, -0.1) is 10.2 Å². The molecule has 2 aliphatic rings. The van der Waals surface area contributed by atoms with Gasteiger partial charge in [-0.1, -0.05) is 12.1 Å². The van der Waals surface area contributed by atoms with Crippen molar-refractivity contribution in [3.05, 3.63) is 53.5 Å². The number of ether oxygens (including phenoxy) is 1. The minimum absolute atomic E-state index is 0.298. The summed E-state index contributed by atoms with van der Waals surface area (Å²) in [6, 6.07) is 9.74. The zero-order valence-corrected chi connectivity index (χ0v) is 16.5. The number of methoxy groups -OCH3 is 1. The first-order chi connectivity index (χ1) is 14.2. The van der Waals surface area contributed by atoms with E-state index in [2.05, 4.69) is 31.2 Å². The van der Waals surface area contributed by atoms with Gasteiger partial charge in [0.05, 0.1) is 24.6 Å². The zero-order valence-electron chi connectivity index (χ0n) is 16.5. The number of hydrogen-bond donors (Lipinski definition) is 0. The Bertz CT molecular complexity index is 1020. The number of piperazine rings is 1. The molecular weight excluding hydrogens is 368 g/mol. The maximum absolute atomic E-state index is 11.6. The van der Waals surface area contributed by atoms with E-state index in [1.807, 2.05) is 35.0 Å². The van der Waals surface area contributed by atoms with Gasteiger partial charge >= 0.3 is 5.97 Å². The molecule has 1 aromatic carbocycles. The van der Waals surface area contributed by atoms with E-state index in [4.69, 9.17) is 4.74 Å². The molecule has 8 nitrogen and oxygen atoms in total. The Balaban J connectivity index is 1.20. The summed E-state index contributed by atoms with van der Waals surface area (Å²) in [5.41, 5.74) is 3.72. The third-order valence-electron chi connectivity index (χ3n) is 5.73. The van der Waals surface area contributed by atoms with Crippen LogP contribution in [0.5, 0.6) is 0 Å². The number of aromatic nitrogens is 4. The van der Waals surface area contributed by atoms with E-state index in [1.165, 1.54) is 25.5 Å². The van der Waals surface area contributed by atoms with Crippen molar-refractivity contribution in [1.29, 1.82) is 0 Å². The number of anilines is 1. The molecule has 3 heterocycles. The van der Waals surface area contributed by atoms with Crippen LogP contribution in [0, 0.1) is 0 Å². The molecule has 2 fully saturated rings. The third kappa shape index (κ3) is 3.67. The average molecular weight is 392 g/mol. The highest BCUT2D eigenvalue weighted by Crippen LogP contribution is 2.38. The number of benzene rings is 1. The Morgan fingerprint density at radius 1 is 1.10 bits per heavy atom. The van der Waals surface area contributed by atoms with Crippen LogP contribution in [0.2, 0.25) is 0 Å². The van der Waals surface area contributed by atoms with E-state index in [0.29, 0.717) is 11.5 Å². The summed E-state index contributed by atoms with van der Waals surface area (Å²) >= 11 is 0. The Morgan fingerprint density at radius 2 is 1.86 bits per heavy atom. The van der Waals surface area contributed by atoms with Crippen molar-refractivity contribution in [1.82, 2.24) is 24.7 Å². The number of rotatable bonds is 5. The normalized spacial score (nSPS) is 17.6. The summed E-state index contributed by atoms with van der Waals surface area (Å²) in [6.45, 7) is 4.72. The number of fused-ring (bicyclic) bond motifs is 1. The molecule has 2 aromatic heterocycles. The second-order valence-corrected chi connectivity index (χ2v) is 7.77. The van der Waals surface area contributed by atoms with Gasteiger partial charge in [0.2, 0.25) is 0 Å². The largest absolute Gasteiger partial charge is 0.465 e. The number of hydrogen-bond acceptors (Lipinski definition) is 7. The molecule has 3 aromatic rings. The summed E-state index contributed by atoms with van der Waals surface area (Å²) in [5.74, 6) is 1.23. The van der Waals surface area contributed by atoms with Crippen LogP contribution in [0.3, 0.4) is 0 Å². The highest BCUT2D eigenvalue weighted by Gasteiger charge is 2.29. The van der Waals surface area contributed by atoms with Gasteiger partial charge in [-0.3, -0.25) is 4.90 Å². The first kappa shape index (κ1) is 18.1. The zero-order chi connectivity index (χ0) is 19.8. The highest BCUT2D eigenvalue weighted by molar-refractivity contribution is 5.89. The van der Waals surface area contributed by atoms with Crippen molar-refractivity contribution in [2.75, 3.05) is 38.2 Å². The molecule has 150 valence electrons. The second-order valence-electron chi connectivity index (χ2n) is 7.77. The van der Waals surface area contributed by atoms with E-state index in [9.17, 15) is 4.79 Å². The van der Waals surface area contributed by atoms with E-state index in [0.717, 1.165) is 49.9 Å². The van der Waals surface area contributed by atoms with E-state index >= 15 is 0 Å². The van der Waals surface area contributed by atoms with E-state index in [1.54, 1.807) is 0 Å². The SMILES string of the molecule is COC(=O)c1ccc(CN2CCN(c3cnn4c(C5CC5)nnc4c3)CC2)cc1. The van der Waals surface area contributed by atoms with Crippen LogP contribution in [-0.2, 0) is 11.3 Å². The lowest BCUT2D eigenvalue weighted by atomic mass is 10.1. The lowest BCUT2D eigenvalue weighted by molar-refractivity contribution is 0.0600. The number of esters is 1. The molecule has 0 atom stereocenters. The summed E-state index contributed by atoms with van der Waals surface area (Å²) in [6.07, 6.45) is 4.32. The van der Waals surface area contributed by atoms with Crippen molar-refractivity contribution in [3.8, 4) is 0 Å². The minimum Gasteiger partial charge on any atom is -0.465 e. The first-order valence-electron chi connectivity index (χ1n) is 10.1. The lowest BCUT2D eigenvalue weighted by Crippen LogP contribution is -2.46. The van der Waals surface area contributed by atoms with Crippen molar-refractivity contribution in [3.63, 3.8) is 0 Å². The number of carbonyl (C=O) groups excluding carboxylic acids is 1. The smallest absolute Gasteiger partial charge is 0.337 e. The van der Waals surface area contributed by atoms with Crippen LogP contribution >= 0.6 is 0 Å². The van der Waals surface area contributed by atoms with Crippen LogP contribution in [0.15, 0.2) is 36.5 Å². The fourth-order valence-corrected chi connectivity index (χ4v) is 3.85. The quantitative estimate of drug-likeness (QED) is 0.616. The van der Waals surface area contributed by atoms with Gasteiger partial charge in [-0.05, 0) is 30.5 Å². The van der Waals surface area contributed by atoms with Gasteiger partial charge in [-0.25, -0.2) is 4.79 Å². The molecule has 0 radical (unpaired) electrons. The van der Waals surface area contributed by atoms with Gasteiger partial charge in [0.25, 0.3) is 0 Å². The minimum atomic E-state index is -0.298. The number of carbonyl (C=O) groups is 1. The molecule has 0 N–H and O–H groups in total. The molecule has 5 rings (SSSR count). The Kier molecular flexibility index (Phi) is 4.63. The van der Waals surface area contributed by atoms with Crippen LogP contribution < -0.4 is 4.90 Å². The monoisotopic (exact) mass is 392 g/mol. The van der Waals surface area contributed by atoms with Crippen LogP contribution in [-0.4, -0.2) is 64.0 Å². The van der Waals surface area contributed by atoms with Crippen molar-refractivity contribution in [2.45, 2.75) is 25.3 Å². The predicted molar refractivity (Wildman–Crippen MR) is 108 cm³/mol. The first-order valence-corrected chi connectivity index (χ1v) is 10.1. The molecule has 1 saturated heterocycles. The summed E-state index contributed by atoms with van der Waals surface area (Å²) in [5, 5.41) is 13.2.